The third kappa shape index (κ3) is 4.79. The molecular formula is C22H15F3N6O2S. The van der Waals surface area contributed by atoms with Crippen molar-refractivity contribution in [1.82, 2.24) is 15.0 Å². The van der Waals surface area contributed by atoms with Gasteiger partial charge in [0.2, 0.25) is 11.8 Å². The number of anilines is 2. The van der Waals surface area contributed by atoms with E-state index in [0.717, 1.165) is 17.2 Å². The van der Waals surface area contributed by atoms with Crippen LogP contribution in [0.3, 0.4) is 0 Å². The zero-order valence-corrected chi connectivity index (χ0v) is 18.2. The molecule has 0 atom stereocenters. The summed E-state index contributed by atoms with van der Waals surface area (Å²) in [6.07, 6.45) is 1.21. The highest BCUT2D eigenvalue weighted by atomic mass is 32.1. The first-order chi connectivity index (χ1) is 16.3. The van der Waals surface area contributed by atoms with Crippen molar-refractivity contribution in [3.63, 3.8) is 0 Å². The molecule has 172 valence electrons. The lowest BCUT2D eigenvalue weighted by molar-refractivity contribution is -0.138. The first-order valence-electron chi connectivity index (χ1n) is 9.93. The van der Waals surface area contributed by atoms with Gasteiger partial charge in [0.15, 0.2) is 10.8 Å². The fraction of sp³-hybridized carbons (Fsp3) is 0.182. The second-order valence-electron chi connectivity index (χ2n) is 7.11. The summed E-state index contributed by atoms with van der Waals surface area (Å²) in [6.45, 7) is 0.376. The fourth-order valence-corrected chi connectivity index (χ4v) is 3.76. The van der Waals surface area contributed by atoms with Crippen molar-refractivity contribution in [2.45, 2.75) is 19.0 Å². The first-order valence-corrected chi connectivity index (χ1v) is 10.3. The highest BCUT2D eigenvalue weighted by Crippen LogP contribution is 2.35. The van der Waals surface area contributed by atoms with E-state index in [1.807, 2.05) is 0 Å². The molecule has 1 aliphatic rings. The van der Waals surface area contributed by atoms with Crippen LogP contribution in [0.25, 0.3) is 0 Å². The first kappa shape index (κ1) is 23.1. The molecule has 0 saturated carbocycles. The highest BCUT2D eigenvalue weighted by molar-refractivity contribution is 7.81. The maximum absolute atomic E-state index is 13.4. The minimum absolute atomic E-state index is 0.00438. The minimum Gasteiger partial charge on any atom is -0.438 e. The maximum atomic E-state index is 13.4. The number of ether oxygens (including phenoxy) is 1. The number of carbonyl (C=O) groups is 1. The predicted molar refractivity (Wildman–Crippen MR) is 119 cm³/mol. The van der Waals surface area contributed by atoms with Gasteiger partial charge >= 0.3 is 6.18 Å². The van der Waals surface area contributed by atoms with Crippen LogP contribution >= 0.6 is 12.2 Å². The molecule has 0 radical (unpaired) electrons. The number of rotatable bonds is 4. The molecule has 2 aromatic heterocycles. The van der Waals surface area contributed by atoms with Crippen LogP contribution in [0.15, 0.2) is 55.1 Å². The van der Waals surface area contributed by atoms with Gasteiger partial charge in [-0.05, 0) is 49.0 Å². The normalized spacial score (nSPS) is 14.5. The average Bonchev–Trinajstić information content (AvgIpc) is 2.97. The lowest BCUT2D eigenvalue weighted by Gasteiger charge is -2.30. The van der Waals surface area contributed by atoms with Gasteiger partial charge in [-0.3, -0.25) is 14.7 Å². The molecule has 1 aromatic carbocycles. The topological polar surface area (TPSA) is 95.2 Å². The van der Waals surface area contributed by atoms with E-state index >= 15 is 0 Å². The molecule has 1 aliphatic heterocycles. The van der Waals surface area contributed by atoms with E-state index < -0.39 is 23.3 Å². The Morgan fingerprint density at radius 2 is 1.85 bits per heavy atom. The van der Waals surface area contributed by atoms with Crippen LogP contribution in [0.4, 0.5) is 24.5 Å². The van der Waals surface area contributed by atoms with E-state index in [-0.39, 0.29) is 17.2 Å². The molecule has 3 heterocycles. The summed E-state index contributed by atoms with van der Waals surface area (Å²) < 4.78 is 45.9. The largest absolute Gasteiger partial charge is 0.438 e. The van der Waals surface area contributed by atoms with Crippen molar-refractivity contribution in [3.05, 3.63) is 66.4 Å². The van der Waals surface area contributed by atoms with E-state index in [9.17, 15) is 18.0 Å². The zero-order valence-electron chi connectivity index (χ0n) is 17.4. The summed E-state index contributed by atoms with van der Waals surface area (Å²) in [4.78, 5) is 27.0. The summed E-state index contributed by atoms with van der Waals surface area (Å²) >= 11 is 5.52. The second-order valence-corrected chi connectivity index (χ2v) is 7.47. The maximum Gasteiger partial charge on any atom is 0.419 e. The molecule has 1 saturated heterocycles. The van der Waals surface area contributed by atoms with Gasteiger partial charge < -0.3 is 9.64 Å². The number of aromatic nitrogens is 3. The number of thiocarbonyl (C=S) groups is 1. The van der Waals surface area contributed by atoms with Crippen molar-refractivity contribution in [1.29, 1.82) is 5.26 Å². The molecule has 0 unspecified atom stereocenters. The Morgan fingerprint density at radius 1 is 1.09 bits per heavy atom. The van der Waals surface area contributed by atoms with Gasteiger partial charge in [0.25, 0.3) is 0 Å². The Bertz CT molecular complexity index is 1260. The predicted octanol–water partition coefficient (Wildman–Crippen LogP) is 4.47. The number of carbonyl (C=O) groups excluding carboxylic acids is 1. The zero-order chi connectivity index (χ0) is 24.3. The number of alkyl halides is 3. The van der Waals surface area contributed by atoms with Crippen LogP contribution in [0.5, 0.6) is 11.6 Å². The Balaban J connectivity index is 1.63. The van der Waals surface area contributed by atoms with Crippen LogP contribution in [-0.2, 0) is 11.0 Å². The van der Waals surface area contributed by atoms with E-state index in [4.69, 9.17) is 22.2 Å². The van der Waals surface area contributed by atoms with Crippen LogP contribution in [0.1, 0.15) is 24.1 Å². The van der Waals surface area contributed by atoms with Crippen LogP contribution in [0.2, 0.25) is 0 Å². The average molecular weight is 484 g/mol. The van der Waals surface area contributed by atoms with Gasteiger partial charge in [0.05, 0.1) is 23.6 Å². The number of pyridine rings is 1. The standard InChI is InChI=1S/C22H15F3N6O2S/c23-22(24,25)17-10-15(12-29-18(17)11-26)31-20(32)2-1-9-30(21(31)34)14-3-5-16(6-4-14)33-19-13-27-7-8-28-19/h3-8,10,12-13H,1-2,9H2. The van der Waals surface area contributed by atoms with E-state index in [0.29, 0.717) is 30.3 Å². The minimum atomic E-state index is -4.82. The second kappa shape index (κ2) is 9.40. The number of nitriles is 1. The molecule has 4 rings (SSSR count). The molecule has 0 aliphatic carbocycles. The molecule has 1 amide bonds. The number of halogens is 3. The number of hydrogen-bond donors (Lipinski definition) is 0. The van der Waals surface area contributed by atoms with Gasteiger partial charge in [0.1, 0.15) is 11.8 Å². The summed E-state index contributed by atoms with van der Waals surface area (Å²) in [5.41, 5.74) is -1.55. The molecular weight excluding hydrogens is 469 g/mol. The lowest BCUT2D eigenvalue weighted by atomic mass is 10.1. The molecule has 3 aromatic rings. The Kier molecular flexibility index (Phi) is 6.38. The SMILES string of the molecule is N#Cc1ncc(N2C(=O)CCCN(c3ccc(Oc4cnccn4)cc3)C2=S)cc1C(F)(F)F. The summed E-state index contributed by atoms with van der Waals surface area (Å²) in [5.74, 6) is 0.338. The highest BCUT2D eigenvalue weighted by Gasteiger charge is 2.37. The van der Waals surface area contributed by atoms with Crippen molar-refractivity contribution in [2.75, 3.05) is 16.3 Å². The molecule has 12 heteroatoms. The van der Waals surface area contributed by atoms with E-state index in [2.05, 4.69) is 15.0 Å². The smallest absolute Gasteiger partial charge is 0.419 e. The van der Waals surface area contributed by atoms with Crippen LogP contribution < -0.4 is 14.5 Å². The third-order valence-corrected chi connectivity index (χ3v) is 5.30. The van der Waals surface area contributed by atoms with Crippen LogP contribution in [0, 0.1) is 11.3 Å². The number of hydrogen-bond acceptors (Lipinski definition) is 7. The fourth-order valence-electron chi connectivity index (χ4n) is 3.35. The van der Waals surface area contributed by atoms with Gasteiger partial charge in [0, 0.05) is 31.0 Å². The number of amides is 1. The number of benzene rings is 1. The van der Waals surface area contributed by atoms with Crippen molar-refractivity contribution < 1.29 is 22.7 Å². The van der Waals surface area contributed by atoms with Crippen LogP contribution in [-0.4, -0.2) is 32.5 Å². The summed E-state index contributed by atoms with van der Waals surface area (Å²) in [5, 5.41) is 9.00. The van der Waals surface area contributed by atoms with E-state index in [1.54, 1.807) is 29.2 Å². The molecule has 8 nitrogen and oxygen atoms in total. The van der Waals surface area contributed by atoms with Gasteiger partial charge in [-0.25, -0.2) is 9.97 Å². The number of nitrogens with zero attached hydrogens (tertiary/aromatic N) is 6. The Labute approximate surface area is 197 Å². The molecule has 0 bridgehead atoms. The quantitative estimate of drug-likeness (QED) is 0.501. The lowest BCUT2D eigenvalue weighted by Crippen LogP contribution is -2.44. The summed E-state index contributed by atoms with van der Waals surface area (Å²) in [6, 6.07) is 8.92. The van der Waals surface area contributed by atoms with Crippen molar-refractivity contribution in [3.8, 4) is 17.7 Å². The van der Waals surface area contributed by atoms with E-state index in [1.165, 1.54) is 24.7 Å². The van der Waals surface area contributed by atoms with Gasteiger partial charge in [-0.2, -0.15) is 18.4 Å². The van der Waals surface area contributed by atoms with Gasteiger partial charge in [-0.1, -0.05) is 0 Å². The molecule has 0 spiro atoms. The Morgan fingerprint density at radius 3 is 2.50 bits per heavy atom. The molecule has 0 N–H and O–H groups in total. The third-order valence-electron chi connectivity index (χ3n) is 4.90. The summed E-state index contributed by atoms with van der Waals surface area (Å²) in [7, 11) is 0. The molecule has 1 fully saturated rings. The van der Waals surface area contributed by atoms with Gasteiger partial charge in [-0.15, -0.1) is 0 Å². The Hall–Kier alpha value is -4.11. The van der Waals surface area contributed by atoms with Crippen molar-refractivity contribution in [2.24, 2.45) is 0 Å². The molecule has 34 heavy (non-hydrogen) atoms. The monoisotopic (exact) mass is 484 g/mol. The van der Waals surface area contributed by atoms with Crippen molar-refractivity contribution >= 4 is 34.6 Å².